The van der Waals surface area contributed by atoms with E-state index in [0.29, 0.717) is 11.0 Å². The van der Waals surface area contributed by atoms with Crippen LogP contribution >= 0.6 is 11.6 Å². The first kappa shape index (κ1) is 11.0. The van der Waals surface area contributed by atoms with Gasteiger partial charge in [-0.2, -0.15) is 0 Å². The third kappa shape index (κ3) is 2.04. The molecule has 0 aliphatic rings. The van der Waals surface area contributed by atoms with Gasteiger partial charge < -0.3 is 0 Å². The van der Waals surface area contributed by atoms with Gasteiger partial charge in [-0.15, -0.1) is 0 Å². The zero-order valence-electron chi connectivity index (χ0n) is 9.45. The molecule has 0 aliphatic heterocycles. The maximum absolute atomic E-state index is 6.02. The quantitative estimate of drug-likeness (QED) is 0.711. The zero-order chi connectivity index (χ0) is 11.7. The van der Waals surface area contributed by atoms with E-state index >= 15 is 0 Å². The van der Waals surface area contributed by atoms with Crippen LogP contribution in [0.2, 0.25) is 5.15 Å². The predicted molar refractivity (Wildman–Crippen MR) is 64.5 cm³/mol. The highest BCUT2D eigenvalue weighted by Crippen LogP contribution is 2.20. The molecule has 2 rings (SSSR count). The molecule has 82 valence electrons. The first-order valence-electron chi connectivity index (χ1n) is 5.01. The van der Waals surface area contributed by atoms with E-state index in [4.69, 9.17) is 11.6 Å². The Morgan fingerprint density at radius 1 is 1.06 bits per heavy atom. The van der Waals surface area contributed by atoms with Crippen molar-refractivity contribution in [3.05, 3.63) is 40.3 Å². The van der Waals surface area contributed by atoms with Crippen LogP contribution in [0.5, 0.6) is 0 Å². The van der Waals surface area contributed by atoms with Crippen LogP contribution in [0.1, 0.15) is 16.8 Å². The Morgan fingerprint density at radius 3 is 2.38 bits per heavy atom. The van der Waals surface area contributed by atoms with Crippen LogP contribution in [0.15, 0.2) is 18.3 Å². The fourth-order valence-corrected chi connectivity index (χ4v) is 1.53. The number of rotatable bonds is 1. The highest BCUT2D eigenvalue weighted by Gasteiger charge is 2.08. The second-order valence-corrected chi connectivity index (χ2v) is 4.13. The molecule has 0 bridgehead atoms. The molecule has 0 atom stereocenters. The van der Waals surface area contributed by atoms with Crippen LogP contribution in [0.25, 0.3) is 11.5 Å². The highest BCUT2D eigenvalue weighted by molar-refractivity contribution is 6.30. The Hall–Kier alpha value is -1.48. The molecule has 0 saturated carbocycles. The summed E-state index contributed by atoms with van der Waals surface area (Å²) in [5.74, 6) is 0.577. The van der Waals surface area contributed by atoms with E-state index in [0.717, 1.165) is 22.5 Å². The number of aryl methyl sites for hydroxylation is 2. The van der Waals surface area contributed by atoms with Gasteiger partial charge in [0.15, 0.2) is 5.82 Å². The lowest BCUT2D eigenvalue weighted by molar-refractivity contribution is 1.05. The van der Waals surface area contributed by atoms with Crippen molar-refractivity contribution in [1.82, 2.24) is 15.0 Å². The van der Waals surface area contributed by atoms with E-state index in [1.165, 1.54) is 0 Å². The zero-order valence-corrected chi connectivity index (χ0v) is 10.2. The van der Waals surface area contributed by atoms with Crippen LogP contribution in [-0.2, 0) is 0 Å². The van der Waals surface area contributed by atoms with Gasteiger partial charge in [-0.1, -0.05) is 17.7 Å². The molecule has 0 fully saturated rings. The van der Waals surface area contributed by atoms with Crippen molar-refractivity contribution < 1.29 is 0 Å². The van der Waals surface area contributed by atoms with Gasteiger partial charge in [0.2, 0.25) is 0 Å². The Labute approximate surface area is 99.5 Å². The maximum atomic E-state index is 6.02. The molecular formula is C12H12ClN3. The summed E-state index contributed by atoms with van der Waals surface area (Å²) in [7, 11) is 0. The summed E-state index contributed by atoms with van der Waals surface area (Å²) >= 11 is 6.02. The molecule has 2 aromatic heterocycles. The molecule has 0 unspecified atom stereocenters. The summed E-state index contributed by atoms with van der Waals surface area (Å²) in [5.41, 5.74) is 3.66. The number of hydrogen-bond donors (Lipinski definition) is 0. The molecule has 0 radical (unpaired) electrons. The van der Waals surface area contributed by atoms with E-state index in [9.17, 15) is 0 Å². The number of nitrogens with zero attached hydrogens (tertiary/aromatic N) is 3. The topological polar surface area (TPSA) is 38.7 Å². The summed E-state index contributed by atoms with van der Waals surface area (Å²) in [6, 6.07) is 3.88. The number of pyridine rings is 1. The molecule has 0 N–H and O–H groups in total. The minimum Gasteiger partial charge on any atom is -0.253 e. The smallest absolute Gasteiger partial charge is 0.179 e. The summed E-state index contributed by atoms with van der Waals surface area (Å²) in [6.45, 7) is 5.82. The Balaban J connectivity index is 2.52. The largest absolute Gasteiger partial charge is 0.253 e. The van der Waals surface area contributed by atoms with Crippen LogP contribution in [-0.4, -0.2) is 15.0 Å². The van der Waals surface area contributed by atoms with Gasteiger partial charge in [0.05, 0.1) is 0 Å². The fourth-order valence-electron chi connectivity index (χ4n) is 1.31. The minimum atomic E-state index is 0.491. The number of hydrogen-bond acceptors (Lipinski definition) is 3. The summed E-state index contributed by atoms with van der Waals surface area (Å²) in [5, 5.41) is 0.491. The SMILES string of the molecule is Cc1ccc(-c2nc(C)c(C)c(Cl)n2)nc1. The number of halogens is 1. The standard InChI is InChI=1S/C12H12ClN3/c1-7-4-5-10(14-6-7)12-15-9(3)8(2)11(13)16-12/h4-6H,1-3H3. The fraction of sp³-hybridized carbons (Fsp3) is 0.250. The molecule has 16 heavy (non-hydrogen) atoms. The predicted octanol–water partition coefficient (Wildman–Crippen LogP) is 3.12. The first-order valence-corrected chi connectivity index (χ1v) is 5.39. The van der Waals surface area contributed by atoms with Crippen molar-refractivity contribution in [2.24, 2.45) is 0 Å². The lowest BCUT2D eigenvalue weighted by Crippen LogP contribution is -1.97. The first-order chi connectivity index (χ1) is 7.58. The number of aromatic nitrogens is 3. The Morgan fingerprint density at radius 2 is 1.81 bits per heavy atom. The average molecular weight is 234 g/mol. The van der Waals surface area contributed by atoms with E-state index in [1.54, 1.807) is 6.20 Å². The molecule has 0 amide bonds. The van der Waals surface area contributed by atoms with Crippen molar-refractivity contribution >= 4 is 11.6 Å². The van der Waals surface area contributed by atoms with Crippen LogP contribution in [0, 0.1) is 20.8 Å². The van der Waals surface area contributed by atoms with E-state index in [2.05, 4.69) is 15.0 Å². The van der Waals surface area contributed by atoms with Crippen LogP contribution in [0.3, 0.4) is 0 Å². The van der Waals surface area contributed by atoms with Crippen molar-refractivity contribution in [3.8, 4) is 11.5 Å². The van der Waals surface area contributed by atoms with Gasteiger partial charge in [-0.05, 0) is 32.4 Å². The lowest BCUT2D eigenvalue weighted by atomic mass is 10.2. The van der Waals surface area contributed by atoms with Crippen molar-refractivity contribution in [1.29, 1.82) is 0 Å². The van der Waals surface area contributed by atoms with Gasteiger partial charge in [0, 0.05) is 17.5 Å². The maximum Gasteiger partial charge on any atom is 0.179 e. The van der Waals surface area contributed by atoms with Crippen molar-refractivity contribution in [3.63, 3.8) is 0 Å². The summed E-state index contributed by atoms with van der Waals surface area (Å²) in [4.78, 5) is 12.9. The molecule has 0 aromatic carbocycles. The third-order valence-corrected chi connectivity index (χ3v) is 2.84. The van der Waals surface area contributed by atoms with Crippen LogP contribution < -0.4 is 0 Å². The Bertz CT molecular complexity index is 497. The molecule has 3 nitrogen and oxygen atoms in total. The minimum absolute atomic E-state index is 0.491. The van der Waals surface area contributed by atoms with Gasteiger partial charge in [-0.25, -0.2) is 9.97 Å². The van der Waals surface area contributed by atoms with E-state index in [-0.39, 0.29) is 0 Å². The van der Waals surface area contributed by atoms with Gasteiger partial charge in [0.1, 0.15) is 10.8 Å². The van der Waals surface area contributed by atoms with Gasteiger partial charge in [-0.3, -0.25) is 4.98 Å². The van der Waals surface area contributed by atoms with Gasteiger partial charge in [0.25, 0.3) is 0 Å². The summed E-state index contributed by atoms with van der Waals surface area (Å²) < 4.78 is 0. The lowest BCUT2D eigenvalue weighted by Gasteiger charge is -2.05. The van der Waals surface area contributed by atoms with Gasteiger partial charge >= 0.3 is 0 Å². The van der Waals surface area contributed by atoms with E-state index < -0.39 is 0 Å². The highest BCUT2D eigenvalue weighted by atomic mass is 35.5. The second kappa shape index (κ2) is 4.18. The molecule has 4 heteroatoms. The molecule has 0 spiro atoms. The van der Waals surface area contributed by atoms with Crippen molar-refractivity contribution in [2.75, 3.05) is 0 Å². The van der Waals surface area contributed by atoms with Crippen molar-refractivity contribution in [2.45, 2.75) is 20.8 Å². The monoisotopic (exact) mass is 233 g/mol. The average Bonchev–Trinajstić information content (AvgIpc) is 2.26. The van der Waals surface area contributed by atoms with E-state index in [1.807, 2.05) is 32.9 Å². The molecule has 0 saturated heterocycles. The third-order valence-electron chi connectivity index (χ3n) is 2.47. The Kier molecular flexibility index (Phi) is 2.88. The second-order valence-electron chi connectivity index (χ2n) is 3.77. The molecule has 0 aliphatic carbocycles. The molecule has 2 aromatic rings. The molecule has 2 heterocycles. The normalized spacial score (nSPS) is 10.5. The molecular weight excluding hydrogens is 222 g/mol. The van der Waals surface area contributed by atoms with Crippen LogP contribution in [0.4, 0.5) is 0 Å². The summed E-state index contributed by atoms with van der Waals surface area (Å²) in [6.07, 6.45) is 1.79.